The van der Waals surface area contributed by atoms with E-state index in [-0.39, 0.29) is 12.2 Å². The molecule has 4 rings (SSSR count). The molecule has 1 atom stereocenters. The second-order valence-corrected chi connectivity index (χ2v) is 10.3. The molecule has 2 aromatic rings. The number of hydrogen-bond donors (Lipinski definition) is 0. The fourth-order valence-electron chi connectivity index (χ4n) is 4.24. The van der Waals surface area contributed by atoms with Crippen molar-refractivity contribution in [2.24, 2.45) is 0 Å². The summed E-state index contributed by atoms with van der Waals surface area (Å²) in [6.07, 6.45) is 0.491. The number of ether oxygens (including phenoxy) is 3. The number of hydrogen-bond acceptors (Lipinski definition) is 7. The summed E-state index contributed by atoms with van der Waals surface area (Å²) < 4.78 is 41.8. The van der Waals surface area contributed by atoms with E-state index in [9.17, 15) is 13.2 Å². The minimum atomic E-state index is -3.38. The van der Waals surface area contributed by atoms with Gasteiger partial charge in [-0.1, -0.05) is 0 Å². The van der Waals surface area contributed by atoms with Gasteiger partial charge in [0.2, 0.25) is 0 Å². The van der Waals surface area contributed by atoms with E-state index in [1.807, 2.05) is 24.3 Å². The minimum absolute atomic E-state index is 0.251. The fraction of sp³-hybridized carbons (Fsp3) is 0.435. The molecular weight excluding hydrogens is 432 g/mol. The molecule has 2 aliphatic rings. The van der Waals surface area contributed by atoms with E-state index in [0.29, 0.717) is 49.7 Å². The third-order valence-electron chi connectivity index (χ3n) is 6.08. The molecule has 8 nitrogen and oxygen atoms in total. The highest BCUT2D eigenvalue weighted by molar-refractivity contribution is 7.92. The van der Waals surface area contributed by atoms with Crippen LogP contribution in [-0.2, 0) is 14.6 Å². The van der Waals surface area contributed by atoms with Crippen molar-refractivity contribution in [1.29, 1.82) is 0 Å². The van der Waals surface area contributed by atoms with Crippen LogP contribution in [0.2, 0.25) is 0 Å². The highest BCUT2D eigenvalue weighted by Crippen LogP contribution is 2.28. The number of benzene rings is 2. The molecule has 0 unspecified atom stereocenters. The van der Waals surface area contributed by atoms with Crippen LogP contribution in [-0.4, -0.2) is 71.2 Å². The maximum Gasteiger partial charge on any atom is 0.414 e. The van der Waals surface area contributed by atoms with Crippen LogP contribution in [0, 0.1) is 0 Å². The molecule has 1 amide bonds. The highest BCUT2D eigenvalue weighted by atomic mass is 32.2. The van der Waals surface area contributed by atoms with Crippen LogP contribution in [0.25, 0.3) is 0 Å². The first kappa shape index (κ1) is 22.4. The molecule has 0 spiro atoms. The predicted octanol–water partition coefficient (Wildman–Crippen LogP) is 2.97. The first-order valence-electron chi connectivity index (χ1n) is 10.6. The Hall–Kier alpha value is -2.78. The maximum absolute atomic E-state index is 13.0. The molecule has 0 bridgehead atoms. The Morgan fingerprint density at radius 2 is 1.50 bits per heavy atom. The van der Waals surface area contributed by atoms with Gasteiger partial charge in [0.15, 0.2) is 9.84 Å². The average molecular weight is 461 g/mol. The standard InChI is InChI=1S/C23H28N2O6S/c1-29-18-5-3-17(4-6-18)25-16-20(31-23(25)26)15-24-13-11-22(12-14-24)32(27,28)21-9-7-19(30-2)8-10-21/h3-10,20,22H,11-16H2,1-2H3/t20-/m0/s1. The van der Waals surface area contributed by atoms with Crippen LogP contribution in [0.4, 0.5) is 10.5 Å². The number of sulfone groups is 1. The van der Waals surface area contributed by atoms with Crippen molar-refractivity contribution in [3.63, 3.8) is 0 Å². The zero-order valence-electron chi connectivity index (χ0n) is 18.3. The van der Waals surface area contributed by atoms with Crippen molar-refractivity contribution in [2.45, 2.75) is 29.1 Å². The van der Waals surface area contributed by atoms with Crippen LogP contribution in [0.3, 0.4) is 0 Å². The summed E-state index contributed by atoms with van der Waals surface area (Å²) in [7, 11) is -0.233. The van der Waals surface area contributed by atoms with Crippen molar-refractivity contribution in [2.75, 3.05) is 45.3 Å². The van der Waals surface area contributed by atoms with Gasteiger partial charge in [0.1, 0.15) is 17.6 Å². The second kappa shape index (κ2) is 9.38. The molecule has 0 radical (unpaired) electrons. The summed E-state index contributed by atoms with van der Waals surface area (Å²) >= 11 is 0. The van der Waals surface area contributed by atoms with Crippen LogP contribution in [0.1, 0.15) is 12.8 Å². The van der Waals surface area contributed by atoms with Gasteiger partial charge in [0.25, 0.3) is 0 Å². The van der Waals surface area contributed by atoms with Crippen LogP contribution < -0.4 is 14.4 Å². The van der Waals surface area contributed by atoms with Crippen molar-refractivity contribution < 1.29 is 27.4 Å². The Morgan fingerprint density at radius 1 is 0.938 bits per heavy atom. The Morgan fingerprint density at radius 3 is 2.06 bits per heavy atom. The highest BCUT2D eigenvalue weighted by Gasteiger charge is 2.36. The van der Waals surface area contributed by atoms with E-state index in [1.54, 1.807) is 43.4 Å². The number of carbonyl (C=O) groups is 1. The number of nitrogens with zero attached hydrogens (tertiary/aromatic N) is 2. The topological polar surface area (TPSA) is 85.4 Å². The van der Waals surface area contributed by atoms with E-state index in [4.69, 9.17) is 14.2 Å². The second-order valence-electron chi connectivity index (χ2n) is 8.03. The summed E-state index contributed by atoms with van der Waals surface area (Å²) in [6.45, 7) is 2.36. The first-order valence-corrected chi connectivity index (χ1v) is 12.2. The quantitative estimate of drug-likeness (QED) is 0.628. The fourth-order valence-corrected chi connectivity index (χ4v) is 5.97. The Kier molecular flexibility index (Phi) is 6.57. The summed E-state index contributed by atoms with van der Waals surface area (Å²) in [5, 5.41) is -0.408. The number of likely N-dealkylation sites (tertiary alicyclic amines) is 1. The molecule has 2 aliphatic heterocycles. The molecule has 2 saturated heterocycles. The Balaban J connectivity index is 1.31. The molecular formula is C23H28N2O6S. The first-order chi connectivity index (χ1) is 15.4. The van der Waals surface area contributed by atoms with E-state index in [0.717, 1.165) is 11.4 Å². The van der Waals surface area contributed by atoms with E-state index in [1.165, 1.54) is 0 Å². The molecule has 0 aliphatic carbocycles. The molecule has 2 fully saturated rings. The molecule has 32 heavy (non-hydrogen) atoms. The number of amides is 1. The number of anilines is 1. The summed E-state index contributed by atoms with van der Waals surface area (Å²) in [6, 6.07) is 13.8. The van der Waals surface area contributed by atoms with Gasteiger partial charge in [-0.05, 0) is 74.5 Å². The van der Waals surface area contributed by atoms with Crippen LogP contribution >= 0.6 is 0 Å². The number of rotatable bonds is 7. The zero-order chi connectivity index (χ0) is 22.7. The lowest BCUT2D eigenvalue weighted by Gasteiger charge is -2.32. The molecule has 172 valence electrons. The third-order valence-corrected chi connectivity index (χ3v) is 8.36. The van der Waals surface area contributed by atoms with Gasteiger partial charge < -0.3 is 14.2 Å². The third kappa shape index (κ3) is 4.68. The average Bonchev–Trinajstić information content (AvgIpc) is 3.19. The van der Waals surface area contributed by atoms with E-state index in [2.05, 4.69) is 4.90 Å². The zero-order valence-corrected chi connectivity index (χ0v) is 19.1. The number of piperidine rings is 1. The van der Waals surface area contributed by atoms with Crippen molar-refractivity contribution in [3.8, 4) is 11.5 Å². The van der Waals surface area contributed by atoms with E-state index < -0.39 is 15.1 Å². The molecule has 0 saturated carbocycles. The molecule has 0 N–H and O–H groups in total. The molecule has 2 aromatic carbocycles. The normalized spacial score (nSPS) is 20.2. The summed E-state index contributed by atoms with van der Waals surface area (Å²) in [5.41, 5.74) is 0.766. The van der Waals surface area contributed by atoms with Gasteiger partial charge in [-0.3, -0.25) is 9.80 Å². The largest absolute Gasteiger partial charge is 0.497 e. The van der Waals surface area contributed by atoms with Gasteiger partial charge in [-0.2, -0.15) is 0 Å². The summed E-state index contributed by atoms with van der Waals surface area (Å²) in [5.74, 6) is 1.36. The molecule has 9 heteroatoms. The Labute approximate surface area is 188 Å². The van der Waals surface area contributed by atoms with Crippen molar-refractivity contribution in [1.82, 2.24) is 4.90 Å². The SMILES string of the molecule is COc1ccc(N2C[C@H](CN3CCC(S(=O)(=O)c4ccc(OC)cc4)CC3)OC2=O)cc1. The van der Waals surface area contributed by atoms with Crippen LogP contribution in [0.15, 0.2) is 53.4 Å². The maximum atomic E-state index is 13.0. The molecule has 2 heterocycles. The van der Waals surface area contributed by atoms with Crippen LogP contribution in [0.5, 0.6) is 11.5 Å². The molecule has 0 aromatic heterocycles. The minimum Gasteiger partial charge on any atom is -0.497 e. The number of methoxy groups -OCH3 is 2. The van der Waals surface area contributed by atoms with Gasteiger partial charge in [0, 0.05) is 12.2 Å². The summed E-state index contributed by atoms with van der Waals surface area (Å²) in [4.78, 5) is 16.5. The van der Waals surface area contributed by atoms with Gasteiger partial charge in [-0.15, -0.1) is 0 Å². The number of carbonyl (C=O) groups excluding carboxylic acids is 1. The Bertz CT molecular complexity index is 1030. The lowest BCUT2D eigenvalue weighted by molar-refractivity contribution is 0.101. The van der Waals surface area contributed by atoms with Gasteiger partial charge in [0.05, 0.1) is 30.9 Å². The predicted molar refractivity (Wildman–Crippen MR) is 120 cm³/mol. The van der Waals surface area contributed by atoms with E-state index >= 15 is 0 Å². The lowest BCUT2D eigenvalue weighted by atomic mass is 10.1. The smallest absolute Gasteiger partial charge is 0.414 e. The number of cyclic esters (lactones) is 1. The van der Waals surface area contributed by atoms with Crippen molar-refractivity contribution >= 4 is 21.6 Å². The van der Waals surface area contributed by atoms with Gasteiger partial charge >= 0.3 is 6.09 Å². The lowest BCUT2D eigenvalue weighted by Crippen LogP contribution is -2.43. The van der Waals surface area contributed by atoms with Crippen molar-refractivity contribution in [3.05, 3.63) is 48.5 Å². The van der Waals surface area contributed by atoms with Gasteiger partial charge in [-0.25, -0.2) is 13.2 Å². The monoisotopic (exact) mass is 460 g/mol.